The van der Waals surface area contributed by atoms with Gasteiger partial charge < -0.3 is 5.32 Å². The lowest BCUT2D eigenvalue weighted by atomic mass is 9.99. The number of carbonyl (C=O) groups is 1. The van der Waals surface area contributed by atoms with E-state index in [9.17, 15) is 35.3 Å². The molecule has 1 amide bonds. The van der Waals surface area contributed by atoms with Gasteiger partial charge in [-0.25, -0.2) is 9.37 Å². The maximum Gasteiger partial charge on any atom is 0.518 e. The van der Waals surface area contributed by atoms with E-state index in [1.165, 1.54) is 55.3 Å². The summed E-state index contributed by atoms with van der Waals surface area (Å²) in [5.41, 5.74) is -8.79. The number of amides is 1. The van der Waals surface area contributed by atoms with Gasteiger partial charge in [-0.3, -0.25) is 9.48 Å². The molecule has 0 fully saturated rings. The summed E-state index contributed by atoms with van der Waals surface area (Å²) in [5, 5.41) is 8.78. The van der Waals surface area contributed by atoms with Crippen molar-refractivity contribution in [1.82, 2.24) is 24.0 Å². The van der Waals surface area contributed by atoms with Crippen LogP contribution in [0.1, 0.15) is 6.92 Å². The summed E-state index contributed by atoms with van der Waals surface area (Å²) in [6.45, 7) is 1.22. The predicted molar refractivity (Wildman–Crippen MR) is 140 cm³/mol. The molecule has 0 atom stereocenters. The Labute approximate surface area is 232 Å². The molecule has 5 rings (SSSR count). The lowest BCUT2D eigenvalue weighted by molar-refractivity contribution is -0.114. The molecule has 5 aromatic rings. The highest BCUT2D eigenvalue weighted by Crippen LogP contribution is 2.41. The normalized spacial score (nSPS) is 12.1. The Morgan fingerprint density at radius 2 is 1.71 bits per heavy atom. The smallest absolute Gasteiger partial charge is 0.326 e. The topological polar surface area (TPSA) is 115 Å². The average Bonchev–Trinajstić information content (AvgIpc) is 3.50. The third kappa shape index (κ3) is 4.91. The second kappa shape index (κ2) is 10.2. The number of aryl methyl sites for hydroxylation is 1. The van der Waals surface area contributed by atoms with Crippen molar-refractivity contribution < 1.29 is 39.7 Å². The molecule has 3 aromatic heterocycles. The third-order valence-corrected chi connectivity index (χ3v) is 7.35. The maximum atomic E-state index is 15.4. The van der Waals surface area contributed by atoms with Crippen molar-refractivity contribution in [2.45, 2.75) is 12.4 Å². The minimum absolute atomic E-state index is 0.0443. The molecule has 10 nitrogen and oxygen atoms in total. The summed E-state index contributed by atoms with van der Waals surface area (Å²) in [6, 6.07) is 9.62. The van der Waals surface area contributed by atoms with Gasteiger partial charge in [-0.05, 0) is 35.7 Å². The SMILES string of the molecule is CC(=O)Nc1cccc(-c2nn(S(=O)(=O)C(F)(F)F)c3cc(-c4cnn(C)c4)c(-c4cccc(N(F)F)c4F)nc23)c1. The van der Waals surface area contributed by atoms with Crippen LogP contribution in [0.15, 0.2) is 60.9 Å². The van der Waals surface area contributed by atoms with Crippen LogP contribution in [0.5, 0.6) is 0 Å². The van der Waals surface area contributed by atoms with Gasteiger partial charge in [0.05, 0.1) is 11.9 Å². The van der Waals surface area contributed by atoms with E-state index in [0.29, 0.717) is 0 Å². The molecule has 0 unspecified atom stereocenters. The van der Waals surface area contributed by atoms with Gasteiger partial charge in [0, 0.05) is 48.1 Å². The number of aromatic nitrogens is 5. The summed E-state index contributed by atoms with van der Waals surface area (Å²) >= 11 is 0. The number of nitrogens with one attached hydrogen (secondary N) is 1. The number of benzene rings is 2. The number of halogens is 6. The zero-order chi connectivity index (χ0) is 30.6. The van der Waals surface area contributed by atoms with Crippen molar-refractivity contribution >= 4 is 38.3 Å². The first-order chi connectivity index (χ1) is 19.7. The zero-order valence-corrected chi connectivity index (χ0v) is 22.2. The number of hydrogen-bond acceptors (Lipinski definition) is 7. The van der Waals surface area contributed by atoms with Gasteiger partial charge >= 0.3 is 15.5 Å². The van der Waals surface area contributed by atoms with E-state index in [0.717, 1.165) is 24.3 Å². The highest BCUT2D eigenvalue weighted by Gasteiger charge is 2.49. The molecular formula is C25H17F6N7O3S. The molecule has 0 bridgehead atoms. The minimum atomic E-state index is -6.12. The number of fused-ring (bicyclic) bond motifs is 1. The van der Waals surface area contributed by atoms with Crippen LogP contribution in [-0.2, 0) is 21.9 Å². The molecule has 1 N–H and O–H groups in total. The van der Waals surface area contributed by atoms with E-state index in [4.69, 9.17) is 0 Å². The van der Waals surface area contributed by atoms with Gasteiger partial charge in [0.1, 0.15) is 22.4 Å². The van der Waals surface area contributed by atoms with E-state index >= 15 is 4.39 Å². The van der Waals surface area contributed by atoms with E-state index in [2.05, 4.69) is 20.5 Å². The second-order valence-electron chi connectivity index (χ2n) is 8.93. The van der Waals surface area contributed by atoms with E-state index in [1.807, 2.05) is 0 Å². The number of hydrogen-bond donors (Lipinski definition) is 1. The molecule has 0 spiro atoms. The Hall–Kier alpha value is -4.93. The molecule has 2 aromatic carbocycles. The molecule has 3 heterocycles. The Kier molecular flexibility index (Phi) is 6.92. The second-order valence-corrected chi connectivity index (χ2v) is 10.7. The zero-order valence-electron chi connectivity index (χ0n) is 21.4. The quantitative estimate of drug-likeness (QED) is 0.199. The van der Waals surface area contributed by atoms with Crippen molar-refractivity contribution in [2.24, 2.45) is 7.05 Å². The highest BCUT2D eigenvalue weighted by molar-refractivity contribution is 7.90. The summed E-state index contributed by atoms with van der Waals surface area (Å²) in [7, 11) is -4.61. The number of rotatable bonds is 6. The first-order valence-electron chi connectivity index (χ1n) is 11.7. The number of pyridine rings is 1. The van der Waals surface area contributed by atoms with Crippen molar-refractivity contribution in [3.05, 3.63) is 66.7 Å². The van der Waals surface area contributed by atoms with Crippen LogP contribution in [0.2, 0.25) is 0 Å². The van der Waals surface area contributed by atoms with E-state index in [-0.39, 0.29) is 37.9 Å². The van der Waals surface area contributed by atoms with Crippen LogP contribution in [0, 0.1) is 5.82 Å². The lowest BCUT2D eigenvalue weighted by Crippen LogP contribution is -2.30. The van der Waals surface area contributed by atoms with Gasteiger partial charge in [-0.1, -0.05) is 27.2 Å². The Balaban J connectivity index is 1.92. The summed E-state index contributed by atoms with van der Waals surface area (Å²) in [5.74, 6) is -1.86. The fourth-order valence-corrected chi connectivity index (χ4v) is 5.04. The van der Waals surface area contributed by atoms with E-state index < -0.39 is 54.9 Å². The van der Waals surface area contributed by atoms with Crippen LogP contribution < -0.4 is 10.7 Å². The van der Waals surface area contributed by atoms with Crippen molar-refractivity contribution in [2.75, 3.05) is 10.7 Å². The number of anilines is 2. The Morgan fingerprint density at radius 3 is 2.33 bits per heavy atom. The van der Waals surface area contributed by atoms with Gasteiger partial charge in [-0.15, -0.1) is 4.09 Å². The van der Waals surface area contributed by atoms with Crippen LogP contribution in [0.25, 0.3) is 44.7 Å². The maximum absolute atomic E-state index is 15.4. The average molecular weight is 610 g/mol. The molecular weight excluding hydrogens is 592 g/mol. The molecule has 0 saturated carbocycles. The molecule has 0 aliphatic carbocycles. The molecule has 218 valence electrons. The van der Waals surface area contributed by atoms with Gasteiger partial charge in [0.15, 0.2) is 5.82 Å². The Bertz CT molecular complexity index is 1970. The fourth-order valence-electron chi connectivity index (χ4n) is 4.26. The van der Waals surface area contributed by atoms with Crippen LogP contribution in [-0.4, -0.2) is 43.8 Å². The van der Waals surface area contributed by atoms with Crippen molar-refractivity contribution in [3.63, 3.8) is 0 Å². The summed E-state index contributed by atoms with van der Waals surface area (Å²) in [6.07, 6.45) is 2.64. The fraction of sp³-hybridized carbons (Fsp3) is 0.120. The molecule has 0 aliphatic rings. The molecule has 0 saturated heterocycles. The summed E-state index contributed by atoms with van der Waals surface area (Å²) in [4.78, 5) is 15.9. The van der Waals surface area contributed by atoms with Gasteiger partial charge in [0.2, 0.25) is 5.91 Å². The number of alkyl halides is 3. The number of carbonyl (C=O) groups excluding carboxylic acids is 1. The standard InChI is InChI=1S/C25H17F6N7O3S/c1-13(39)33-16-6-3-5-14(9-16)22-24-20(38(35-22)42(40,41)25(27,28)29)10-18(15-11-32-36(2)12-15)23(34-24)17-7-4-8-19(21(17)26)37(30)31/h3-12H,1-2H3,(H,33,39). The monoisotopic (exact) mass is 609 g/mol. The van der Waals surface area contributed by atoms with Gasteiger partial charge in [0.25, 0.3) is 0 Å². The minimum Gasteiger partial charge on any atom is -0.326 e. The largest absolute Gasteiger partial charge is 0.518 e. The van der Waals surface area contributed by atoms with Crippen LogP contribution >= 0.6 is 0 Å². The Morgan fingerprint density at radius 1 is 1.00 bits per heavy atom. The molecule has 0 aliphatic heterocycles. The molecule has 0 radical (unpaired) electrons. The van der Waals surface area contributed by atoms with Gasteiger partial charge in [-0.2, -0.15) is 31.8 Å². The molecule has 42 heavy (non-hydrogen) atoms. The van der Waals surface area contributed by atoms with E-state index in [1.54, 1.807) is 0 Å². The first-order valence-corrected chi connectivity index (χ1v) is 13.2. The molecule has 17 heteroatoms. The third-order valence-electron chi connectivity index (χ3n) is 6.03. The first kappa shape index (κ1) is 28.6. The number of nitrogens with zero attached hydrogens (tertiary/aromatic N) is 6. The van der Waals surface area contributed by atoms with Crippen molar-refractivity contribution in [3.8, 4) is 33.6 Å². The highest BCUT2D eigenvalue weighted by atomic mass is 32.2. The lowest BCUT2D eigenvalue weighted by Gasteiger charge is -2.13. The predicted octanol–water partition coefficient (Wildman–Crippen LogP) is 5.54. The van der Waals surface area contributed by atoms with Crippen LogP contribution in [0.4, 0.5) is 37.9 Å². The van der Waals surface area contributed by atoms with Crippen LogP contribution in [0.3, 0.4) is 0 Å². The summed E-state index contributed by atoms with van der Waals surface area (Å²) < 4.78 is 110. The van der Waals surface area contributed by atoms with Crippen molar-refractivity contribution in [1.29, 1.82) is 0 Å².